The topological polar surface area (TPSA) is 256 Å². The number of benzene rings is 3. The van der Waals surface area contributed by atoms with Gasteiger partial charge in [0.2, 0.25) is 17.7 Å². The number of rotatable bonds is 29. The smallest absolute Gasteiger partial charge is 0.450 e. The minimum absolute atomic E-state index is 0.0218. The Bertz CT molecular complexity index is 2620. The monoisotopic (exact) mass is 1100 g/mol. The molecule has 420 valence electrons. The van der Waals surface area contributed by atoms with Crippen molar-refractivity contribution in [3.05, 3.63) is 181 Å². The average Bonchev–Trinajstić information content (AvgIpc) is 3.50. The lowest BCUT2D eigenvalue weighted by molar-refractivity contribution is -0.126. The first kappa shape index (κ1) is 60.8. The Morgan fingerprint density at radius 2 is 0.753 bits per heavy atom. The van der Waals surface area contributed by atoms with E-state index in [0.717, 1.165) is 16.7 Å². The summed E-state index contributed by atoms with van der Waals surface area (Å²) in [6.45, 7) is 11.9. The lowest BCUT2D eigenvalue weighted by atomic mass is 9.58. The number of hydrogen-bond acceptors (Lipinski definition) is 15. The highest BCUT2D eigenvalue weighted by atomic mass is 16.7. The Kier molecular flexibility index (Phi) is 23.0. The van der Waals surface area contributed by atoms with E-state index in [9.17, 15) is 28.8 Å². The van der Waals surface area contributed by atoms with Gasteiger partial charge in [-0.05, 0) is 66.5 Å². The molecule has 4 amide bonds. The molecule has 6 aromatic rings. The summed E-state index contributed by atoms with van der Waals surface area (Å²) in [7, 11) is -3.80. The fraction of sp³-hybridized carbons (Fsp3) is 0.390. The van der Waals surface area contributed by atoms with E-state index in [1.165, 1.54) is 55.8 Å². The van der Waals surface area contributed by atoms with Gasteiger partial charge in [-0.15, -0.1) is 0 Å². The van der Waals surface area contributed by atoms with Crippen LogP contribution in [0.3, 0.4) is 0 Å². The van der Waals surface area contributed by atoms with Crippen LogP contribution in [-0.4, -0.2) is 110 Å². The quantitative estimate of drug-likeness (QED) is 0.0293. The third kappa shape index (κ3) is 19.2. The van der Waals surface area contributed by atoms with E-state index >= 15 is 0 Å². The lowest BCUT2D eigenvalue weighted by Crippen LogP contribution is -2.68. The van der Waals surface area contributed by atoms with Crippen LogP contribution >= 0.6 is 0 Å². The number of carbonyl (C=O) groups excluding carboxylic acids is 6. The number of nitrogens with zero attached hydrogens (tertiary/aromatic N) is 6. The molecule has 3 aromatic carbocycles. The number of nitrogens with one attached hydrogen (secondary N) is 4. The third-order valence-corrected chi connectivity index (χ3v) is 13.6. The Balaban J connectivity index is 1.25. The summed E-state index contributed by atoms with van der Waals surface area (Å²) in [5.74, 6) is -7.30. The second-order valence-corrected chi connectivity index (χ2v) is 21.8. The van der Waals surface area contributed by atoms with Gasteiger partial charge < -0.3 is 35.0 Å². The molecule has 4 N–H and O–H groups in total. The van der Waals surface area contributed by atoms with Crippen LogP contribution in [0, 0.1) is 29.6 Å². The molecule has 1 saturated heterocycles. The number of hydrogen-bond donors (Lipinski definition) is 4. The van der Waals surface area contributed by atoms with Gasteiger partial charge in [0.1, 0.15) is 23.1 Å². The van der Waals surface area contributed by atoms with E-state index in [2.05, 4.69) is 51.2 Å². The number of Topliss-reactive ketones (excluding diaryl/α,β-unsaturated/α-hetero) is 2. The summed E-state index contributed by atoms with van der Waals surface area (Å²) in [5.41, 5.74) is 2.74. The van der Waals surface area contributed by atoms with Crippen LogP contribution < -0.4 is 21.3 Å². The Morgan fingerprint density at radius 1 is 0.420 bits per heavy atom. The molecule has 1 fully saturated rings. The molecule has 0 aliphatic carbocycles. The van der Waals surface area contributed by atoms with Gasteiger partial charge in [-0.25, -0.2) is 15.0 Å². The van der Waals surface area contributed by atoms with E-state index in [1.807, 2.05) is 133 Å². The summed E-state index contributed by atoms with van der Waals surface area (Å²) in [4.78, 5) is 111. The van der Waals surface area contributed by atoms with E-state index in [0.29, 0.717) is 19.3 Å². The molecule has 22 heteroatoms. The predicted octanol–water partition coefficient (Wildman–Crippen LogP) is 6.40. The van der Waals surface area contributed by atoms with E-state index in [4.69, 9.17) is 13.7 Å². The zero-order chi connectivity index (χ0) is 57.7. The van der Waals surface area contributed by atoms with Crippen molar-refractivity contribution in [1.29, 1.82) is 0 Å². The molecule has 1 unspecified atom stereocenters. The van der Waals surface area contributed by atoms with E-state index in [1.54, 1.807) is 0 Å². The third-order valence-electron chi connectivity index (χ3n) is 13.6. The number of aromatic nitrogens is 6. The van der Waals surface area contributed by atoms with Crippen LogP contribution in [0.4, 0.5) is 0 Å². The fourth-order valence-electron chi connectivity index (χ4n) is 9.75. The summed E-state index contributed by atoms with van der Waals surface area (Å²) in [5, 5.41) is 12.5. The number of ketones is 2. The Labute approximate surface area is 475 Å². The minimum atomic E-state index is -1.28. The largest absolute Gasteiger partial charge is 0.453 e. The first-order chi connectivity index (χ1) is 39.1. The molecular weight excluding hydrogens is 1030 g/mol. The second-order valence-electron chi connectivity index (χ2n) is 21.8. The zero-order valence-electron chi connectivity index (χ0n) is 46.8. The van der Waals surface area contributed by atoms with Crippen molar-refractivity contribution in [3.63, 3.8) is 0 Å². The molecule has 3 aromatic heterocycles. The number of carbonyl (C=O) groups is 6. The van der Waals surface area contributed by atoms with Gasteiger partial charge in [0, 0.05) is 68.3 Å². The van der Waals surface area contributed by atoms with Crippen molar-refractivity contribution < 1.29 is 42.5 Å². The van der Waals surface area contributed by atoms with Crippen LogP contribution in [0.1, 0.15) is 122 Å². The van der Waals surface area contributed by atoms with Crippen molar-refractivity contribution in [2.45, 2.75) is 117 Å². The normalized spacial score (nSPS) is 14.8. The molecule has 6 atom stereocenters. The first-order valence-electron chi connectivity index (χ1n) is 27.7. The molecule has 0 bridgehead atoms. The molecule has 0 spiro atoms. The van der Waals surface area contributed by atoms with Gasteiger partial charge in [-0.1, -0.05) is 133 Å². The maximum absolute atomic E-state index is 15.0. The van der Waals surface area contributed by atoms with Crippen LogP contribution in [0.2, 0.25) is 0 Å². The van der Waals surface area contributed by atoms with Crippen molar-refractivity contribution in [2.75, 3.05) is 0 Å². The van der Waals surface area contributed by atoms with Crippen LogP contribution in [0.15, 0.2) is 147 Å². The predicted molar refractivity (Wildman–Crippen MR) is 307 cm³/mol. The lowest BCUT2D eigenvalue weighted by Gasteiger charge is -2.41. The first-order valence-corrected chi connectivity index (χ1v) is 27.7. The van der Waals surface area contributed by atoms with E-state index < -0.39 is 80.7 Å². The summed E-state index contributed by atoms with van der Waals surface area (Å²) >= 11 is 0. The molecule has 1 aliphatic rings. The molecule has 19 nitrogen and oxygen atoms in total. The highest BCUT2D eigenvalue weighted by Crippen LogP contribution is 2.26. The van der Waals surface area contributed by atoms with Gasteiger partial charge in [-0.3, -0.25) is 43.7 Å². The minimum Gasteiger partial charge on any atom is -0.450 e. The molecule has 7 rings (SSSR count). The second kappa shape index (κ2) is 30.7. The molecule has 81 heavy (non-hydrogen) atoms. The van der Waals surface area contributed by atoms with Crippen molar-refractivity contribution in [1.82, 2.24) is 51.2 Å². The van der Waals surface area contributed by atoms with Gasteiger partial charge >= 0.3 is 21.4 Å². The fourth-order valence-corrected chi connectivity index (χ4v) is 9.75. The summed E-state index contributed by atoms with van der Waals surface area (Å²) < 4.78 is 20.7. The molecule has 1 aliphatic heterocycles. The molecule has 0 radical (unpaired) electrons. The highest BCUT2D eigenvalue weighted by Gasteiger charge is 2.52. The standard InChI is InChI=1S/C59H71B3N10O9/c1-39(2)28-53(70-56(75)45(31-42-16-10-7-11-17-42)34-51(73)48-36-63-22-25-66-48)60-79-61(54(29-40(3)4)71-57(76)46(32-43-18-12-8-13-19-43)35-52(74)49-37-64-23-26-67-49)81-62(80-60)55(30-41(5)6)72-58(77)47(33-44-20-14-9-15-21-44)69-59(78)50-38-65-24-27-68-50/h7-27,36-41,45-47,53-55H,28-35H2,1-6H3,(H,69,78)(H,70,75)(H,71,76)(H,72,77)/t45-,46?,47+,53-,54-,55-/m0/s1. The van der Waals surface area contributed by atoms with Gasteiger partial charge in [0.25, 0.3) is 5.91 Å². The van der Waals surface area contributed by atoms with Crippen molar-refractivity contribution in [2.24, 2.45) is 29.6 Å². The maximum atomic E-state index is 15.0. The Hall–Kier alpha value is -7.81. The van der Waals surface area contributed by atoms with Gasteiger partial charge in [-0.2, -0.15) is 0 Å². The van der Waals surface area contributed by atoms with Crippen molar-refractivity contribution in [3.8, 4) is 0 Å². The molecule has 0 saturated carbocycles. The maximum Gasteiger partial charge on any atom is 0.453 e. The van der Waals surface area contributed by atoms with Crippen molar-refractivity contribution >= 4 is 56.6 Å². The molecular formula is C59H71B3N10O9. The zero-order valence-corrected chi connectivity index (χ0v) is 46.8. The summed E-state index contributed by atoms with van der Waals surface area (Å²) in [6.07, 6.45) is 13.9. The van der Waals surface area contributed by atoms with Gasteiger partial charge in [0.15, 0.2) is 11.6 Å². The molecule has 4 heterocycles. The van der Waals surface area contributed by atoms with Crippen LogP contribution in [0.5, 0.6) is 0 Å². The number of amides is 4. The average molecular weight is 1100 g/mol. The van der Waals surface area contributed by atoms with Crippen LogP contribution in [0.25, 0.3) is 0 Å². The van der Waals surface area contributed by atoms with Crippen LogP contribution in [-0.2, 0) is 47.4 Å². The SMILES string of the molecule is CC(C)C[C@H](NC(=O)C(CC(=O)c1cnccn1)Cc1ccccc1)B1OB([C@H](CC(C)C)NC(=O)[C@H](CC(=O)c2cnccn2)Cc2ccccc2)OB([C@H](CC(C)C)NC(=O)[C@@H](Cc2ccccc2)NC(=O)c2cnccn2)O1. The van der Waals surface area contributed by atoms with E-state index in [-0.39, 0.29) is 78.5 Å². The Morgan fingerprint density at radius 3 is 1.09 bits per heavy atom. The highest BCUT2D eigenvalue weighted by molar-refractivity contribution is 6.75. The van der Waals surface area contributed by atoms with Gasteiger partial charge in [0.05, 0.1) is 36.4 Å². The summed E-state index contributed by atoms with van der Waals surface area (Å²) in [6, 6.07) is 27.0.